The lowest BCUT2D eigenvalue weighted by molar-refractivity contribution is -0.384. The second-order valence-corrected chi connectivity index (χ2v) is 8.19. The second kappa shape index (κ2) is 8.25. The fourth-order valence-corrected chi connectivity index (χ4v) is 4.40. The molecule has 1 fully saturated rings. The van der Waals surface area contributed by atoms with Crippen LogP contribution in [0.3, 0.4) is 0 Å². The maximum Gasteiger partial charge on any atom is 0.280 e. The van der Waals surface area contributed by atoms with Crippen LogP contribution in [0.5, 0.6) is 0 Å². The third kappa shape index (κ3) is 3.79. The highest BCUT2D eigenvalue weighted by molar-refractivity contribution is 8.27. The van der Waals surface area contributed by atoms with Gasteiger partial charge in [0.2, 0.25) is 0 Å². The van der Waals surface area contributed by atoms with Gasteiger partial charge in [0.05, 0.1) is 21.1 Å². The highest BCUT2D eigenvalue weighted by Gasteiger charge is 2.33. The third-order valence-corrected chi connectivity index (χ3v) is 5.96. The zero-order chi connectivity index (χ0) is 21.3. The fourth-order valence-electron chi connectivity index (χ4n) is 3.12. The van der Waals surface area contributed by atoms with Crippen molar-refractivity contribution in [3.63, 3.8) is 0 Å². The molecule has 0 bridgehead atoms. The number of aryl methyl sites for hydroxylation is 1. The van der Waals surface area contributed by atoms with E-state index in [0.29, 0.717) is 26.3 Å². The summed E-state index contributed by atoms with van der Waals surface area (Å²) in [6, 6.07) is 17.4. The van der Waals surface area contributed by atoms with Gasteiger partial charge in [-0.15, -0.1) is 0 Å². The second-order valence-electron chi connectivity index (χ2n) is 6.51. The highest BCUT2D eigenvalue weighted by atomic mass is 32.2. The number of nitro groups is 1. The van der Waals surface area contributed by atoms with Crippen LogP contribution in [0.25, 0.3) is 17.4 Å². The molecule has 0 N–H and O–H groups in total. The van der Waals surface area contributed by atoms with E-state index in [0.717, 1.165) is 12.1 Å². The fraction of sp³-hybridized carbons (Fsp3) is 0.0909. The Balaban J connectivity index is 1.61. The number of para-hydroxylation sites is 1. The quantitative estimate of drug-likeness (QED) is 0.217. The van der Waals surface area contributed by atoms with E-state index in [1.807, 2.05) is 24.3 Å². The summed E-state index contributed by atoms with van der Waals surface area (Å²) in [5, 5.41) is 11.3. The van der Waals surface area contributed by atoms with Crippen LogP contribution >= 0.6 is 24.0 Å². The summed E-state index contributed by atoms with van der Waals surface area (Å²) < 4.78 is 6.21. The number of nitrogens with zero attached hydrogens (tertiary/aromatic N) is 2. The van der Waals surface area contributed by atoms with Gasteiger partial charge in [0, 0.05) is 12.1 Å². The minimum atomic E-state index is -0.452. The summed E-state index contributed by atoms with van der Waals surface area (Å²) in [7, 11) is 0. The van der Waals surface area contributed by atoms with E-state index < -0.39 is 4.92 Å². The molecule has 0 atom stereocenters. The van der Waals surface area contributed by atoms with Crippen LogP contribution in [0.4, 0.5) is 11.4 Å². The number of furan rings is 1. The van der Waals surface area contributed by atoms with Crippen molar-refractivity contribution in [3.05, 3.63) is 87.0 Å². The van der Waals surface area contributed by atoms with Gasteiger partial charge in [-0.2, -0.15) is 0 Å². The number of hydrogen-bond donors (Lipinski definition) is 0. The summed E-state index contributed by atoms with van der Waals surface area (Å²) in [5.41, 5.74) is 2.24. The van der Waals surface area contributed by atoms with Gasteiger partial charge in [-0.25, -0.2) is 0 Å². The van der Waals surface area contributed by atoms with Crippen molar-refractivity contribution in [2.75, 3.05) is 4.90 Å². The van der Waals surface area contributed by atoms with Crippen LogP contribution < -0.4 is 4.90 Å². The number of hydrogen-bond acceptors (Lipinski definition) is 6. The number of carbonyl (C=O) groups excluding carboxylic acids is 1. The Morgan fingerprint density at radius 3 is 2.57 bits per heavy atom. The van der Waals surface area contributed by atoms with Crippen molar-refractivity contribution in [2.24, 2.45) is 0 Å². The van der Waals surface area contributed by atoms with Crippen molar-refractivity contribution in [3.8, 4) is 11.3 Å². The monoisotopic (exact) mass is 436 g/mol. The molecular weight excluding hydrogens is 420 g/mol. The van der Waals surface area contributed by atoms with Crippen LogP contribution in [0.1, 0.15) is 18.2 Å². The smallest absolute Gasteiger partial charge is 0.280 e. The van der Waals surface area contributed by atoms with Gasteiger partial charge in [0.1, 0.15) is 11.5 Å². The molecule has 1 aromatic heterocycles. The standard InChI is InChI=1S/C22H16N2O4S2/c1-2-14-7-9-15(10-8-14)23-21(25)20(30-22(23)29)13-16-11-12-19(28-16)17-5-3-4-6-18(17)24(26)27/h3-13H,2H2,1H3. The maximum atomic E-state index is 12.9. The molecular formula is C22H16N2O4S2. The number of amides is 1. The van der Waals surface area contributed by atoms with E-state index in [-0.39, 0.29) is 11.6 Å². The Kier molecular flexibility index (Phi) is 5.52. The van der Waals surface area contributed by atoms with Gasteiger partial charge >= 0.3 is 0 Å². The Morgan fingerprint density at radius 2 is 1.87 bits per heavy atom. The molecule has 1 saturated heterocycles. The van der Waals surface area contributed by atoms with Crippen molar-refractivity contribution in [2.45, 2.75) is 13.3 Å². The van der Waals surface area contributed by atoms with E-state index in [4.69, 9.17) is 16.6 Å². The summed E-state index contributed by atoms with van der Waals surface area (Å²) in [5.74, 6) is 0.557. The Bertz CT molecular complexity index is 1180. The minimum Gasteiger partial charge on any atom is -0.456 e. The predicted octanol–water partition coefficient (Wildman–Crippen LogP) is 5.82. The van der Waals surface area contributed by atoms with Crippen LogP contribution in [0.2, 0.25) is 0 Å². The summed E-state index contributed by atoms with van der Waals surface area (Å²) in [6.45, 7) is 2.07. The van der Waals surface area contributed by atoms with E-state index in [2.05, 4.69) is 6.92 Å². The molecule has 2 aromatic carbocycles. The van der Waals surface area contributed by atoms with E-state index >= 15 is 0 Å². The zero-order valence-corrected chi connectivity index (χ0v) is 17.5. The molecule has 1 amide bonds. The number of thiocarbonyl (C=S) groups is 1. The number of rotatable bonds is 5. The molecule has 0 radical (unpaired) electrons. The molecule has 0 unspecified atom stereocenters. The summed E-state index contributed by atoms with van der Waals surface area (Å²) >= 11 is 6.60. The Hall–Kier alpha value is -3.23. The van der Waals surface area contributed by atoms with Crippen molar-refractivity contribution < 1.29 is 14.1 Å². The van der Waals surface area contributed by atoms with E-state index in [9.17, 15) is 14.9 Å². The molecule has 0 aliphatic carbocycles. The first-order chi connectivity index (χ1) is 14.5. The minimum absolute atomic E-state index is 0.0414. The van der Waals surface area contributed by atoms with Gasteiger partial charge in [-0.05, 0) is 42.3 Å². The van der Waals surface area contributed by atoms with Crippen LogP contribution in [0, 0.1) is 10.1 Å². The molecule has 1 aliphatic rings. The molecule has 6 nitrogen and oxygen atoms in total. The van der Waals surface area contributed by atoms with Crippen molar-refractivity contribution in [1.29, 1.82) is 0 Å². The maximum absolute atomic E-state index is 12.9. The number of carbonyl (C=O) groups is 1. The van der Waals surface area contributed by atoms with Gasteiger partial charge in [0.15, 0.2) is 4.32 Å². The van der Waals surface area contributed by atoms with Gasteiger partial charge < -0.3 is 4.42 Å². The number of nitro benzene ring substituents is 1. The molecule has 30 heavy (non-hydrogen) atoms. The van der Waals surface area contributed by atoms with Gasteiger partial charge in [-0.3, -0.25) is 19.8 Å². The predicted molar refractivity (Wildman–Crippen MR) is 122 cm³/mol. The van der Waals surface area contributed by atoms with Gasteiger partial charge in [-0.1, -0.05) is 55.2 Å². The van der Waals surface area contributed by atoms with Crippen LogP contribution in [-0.2, 0) is 11.2 Å². The van der Waals surface area contributed by atoms with Crippen LogP contribution in [-0.4, -0.2) is 15.2 Å². The Morgan fingerprint density at radius 1 is 1.13 bits per heavy atom. The average molecular weight is 437 g/mol. The molecule has 0 saturated carbocycles. The summed E-state index contributed by atoms with van der Waals surface area (Å²) in [4.78, 5) is 25.6. The highest BCUT2D eigenvalue weighted by Crippen LogP contribution is 2.37. The zero-order valence-electron chi connectivity index (χ0n) is 15.9. The normalized spacial score (nSPS) is 15.2. The van der Waals surface area contributed by atoms with Crippen molar-refractivity contribution >= 4 is 51.7 Å². The van der Waals surface area contributed by atoms with Crippen molar-refractivity contribution in [1.82, 2.24) is 0 Å². The van der Waals surface area contributed by atoms with E-state index in [1.54, 1.807) is 36.4 Å². The Labute approximate surface area is 182 Å². The lowest BCUT2D eigenvalue weighted by Gasteiger charge is -2.14. The molecule has 2 heterocycles. The molecule has 8 heteroatoms. The number of anilines is 1. The first-order valence-corrected chi connectivity index (χ1v) is 10.4. The van der Waals surface area contributed by atoms with E-state index in [1.165, 1.54) is 28.3 Å². The lowest BCUT2D eigenvalue weighted by Crippen LogP contribution is -2.27. The molecule has 150 valence electrons. The molecule has 4 rings (SSSR count). The molecule has 0 spiro atoms. The number of benzene rings is 2. The largest absolute Gasteiger partial charge is 0.456 e. The third-order valence-electron chi connectivity index (χ3n) is 4.66. The first-order valence-electron chi connectivity index (χ1n) is 9.18. The molecule has 1 aliphatic heterocycles. The van der Waals surface area contributed by atoms with Gasteiger partial charge in [0.25, 0.3) is 11.6 Å². The lowest BCUT2D eigenvalue weighted by atomic mass is 10.1. The SMILES string of the molecule is CCc1ccc(N2C(=O)C(=Cc3ccc(-c4ccccc4[N+](=O)[O-])o3)SC2=S)cc1. The summed E-state index contributed by atoms with van der Waals surface area (Å²) in [6.07, 6.45) is 2.52. The number of thioether (sulfide) groups is 1. The van der Waals surface area contributed by atoms with Crippen LogP contribution in [0.15, 0.2) is 70.0 Å². The average Bonchev–Trinajstić information content (AvgIpc) is 3.32. The topological polar surface area (TPSA) is 76.6 Å². The molecule has 3 aromatic rings. The first kappa shape index (κ1) is 20.1.